The highest BCUT2D eigenvalue weighted by Crippen LogP contribution is 2.30. The number of rotatable bonds is 2. The molecule has 1 atom stereocenters. The van der Waals surface area contributed by atoms with E-state index in [0.29, 0.717) is 19.6 Å². The number of hydrogen-bond donors (Lipinski definition) is 1. The van der Waals surface area contributed by atoms with E-state index in [2.05, 4.69) is 19.9 Å². The number of benzene rings is 1. The number of anilines is 1. The Balaban J connectivity index is 1.57. The van der Waals surface area contributed by atoms with Gasteiger partial charge in [0, 0.05) is 31.4 Å². The smallest absolute Gasteiger partial charge is 0.410 e. The van der Waals surface area contributed by atoms with Gasteiger partial charge in [-0.1, -0.05) is 0 Å². The molecule has 7 nitrogen and oxygen atoms in total. The van der Waals surface area contributed by atoms with Crippen LogP contribution in [0.4, 0.5) is 15.0 Å². The van der Waals surface area contributed by atoms with Crippen molar-refractivity contribution in [2.75, 3.05) is 24.5 Å². The molecule has 30 heavy (non-hydrogen) atoms. The summed E-state index contributed by atoms with van der Waals surface area (Å²) in [4.78, 5) is 28.6. The molecule has 1 aliphatic heterocycles. The fourth-order valence-corrected chi connectivity index (χ4v) is 3.71. The Morgan fingerprint density at radius 3 is 2.60 bits per heavy atom. The predicted molar refractivity (Wildman–Crippen MR) is 114 cm³/mol. The van der Waals surface area contributed by atoms with E-state index in [-0.39, 0.29) is 18.0 Å². The van der Waals surface area contributed by atoms with Crippen molar-refractivity contribution < 1.29 is 13.9 Å². The Hall–Kier alpha value is -3.16. The summed E-state index contributed by atoms with van der Waals surface area (Å²) >= 11 is 0. The van der Waals surface area contributed by atoms with Crippen LogP contribution in [-0.4, -0.2) is 57.2 Å². The molecule has 0 bridgehead atoms. The number of aromatic nitrogens is 3. The first kappa shape index (κ1) is 20.1. The van der Waals surface area contributed by atoms with Crippen molar-refractivity contribution in [3.05, 3.63) is 42.5 Å². The van der Waals surface area contributed by atoms with Crippen molar-refractivity contribution in [1.82, 2.24) is 19.9 Å². The summed E-state index contributed by atoms with van der Waals surface area (Å²) in [7, 11) is 0. The molecule has 0 aliphatic carbocycles. The molecule has 2 aromatic heterocycles. The zero-order valence-electron chi connectivity index (χ0n) is 17.6. The molecule has 1 N–H and O–H groups in total. The van der Waals surface area contributed by atoms with Crippen molar-refractivity contribution in [3.63, 3.8) is 0 Å². The molecule has 0 saturated carbocycles. The number of carbonyl (C=O) groups excluding carboxylic acids is 1. The number of ether oxygens (including phenoxy) is 1. The van der Waals surface area contributed by atoms with Gasteiger partial charge in [-0.2, -0.15) is 0 Å². The van der Waals surface area contributed by atoms with Crippen LogP contribution in [0.5, 0.6) is 0 Å². The number of hydrogen-bond acceptors (Lipinski definition) is 5. The van der Waals surface area contributed by atoms with Crippen LogP contribution >= 0.6 is 0 Å². The maximum atomic E-state index is 13.3. The summed E-state index contributed by atoms with van der Waals surface area (Å²) in [6.07, 6.45) is 1.25. The normalized spacial score (nSPS) is 17.4. The molecule has 8 heteroatoms. The molecule has 0 radical (unpaired) electrons. The lowest BCUT2D eigenvalue weighted by Gasteiger charge is -2.40. The van der Waals surface area contributed by atoms with Crippen LogP contribution in [0.1, 0.15) is 27.7 Å². The molecule has 1 aliphatic rings. The van der Waals surface area contributed by atoms with Gasteiger partial charge in [0.2, 0.25) is 0 Å². The van der Waals surface area contributed by atoms with E-state index < -0.39 is 5.60 Å². The Labute approximate surface area is 174 Å². The summed E-state index contributed by atoms with van der Waals surface area (Å²) in [6, 6.07) is 8.30. The van der Waals surface area contributed by atoms with Gasteiger partial charge < -0.3 is 19.5 Å². The van der Waals surface area contributed by atoms with Crippen LogP contribution in [-0.2, 0) is 4.74 Å². The van der Waals surface area contributed by atoms with Gasteiger partial charge in [0.15, 0.2) is 0 Å². The van der Waals surface area contributed by atoms with Crippen LogP contribution in [0.15, 0.2) is 36.7 Å². The topological polar surface area (TPSA) is 74.4 Å². The minimum Gasteiger partial charge on any atom is -0.444 e. The van der Waals surface area contributed by atoms with E-state index in [9.17, 15) is 9.18 Å². The minimum absolute atomic E-state index is 0.0193. The van der Waals surface area contributed by atoms with Gasteiger partial charge in [-0.05, 0) is 63.6 Å². The monoisotopic (exact) mass is 411 g/mol. The fourth-order valence-electron chi connectivity index (χ4n) is 3.71. The second kappa shape index (κ2) is 7.59. The zero-order chi connectivity index (χ0) is 21.5. The first-order valence-electron chi connectivity index (χ1n) is 10.1. The highest BCUT2D eigenvalue weighted by molar-refractivity contribution is 5.92. The molecular formula is C22H26FN5O2. The van der Waals surface area contributed by atoms with Crippen molar-refractivity contribution in [2.24, 2.45) is 0 Å². The van der Waals surface area contributed by atoms with E-state index in [0.717, 1.165) is 28.1 Å². The number of nitrogens with one attached hydrogen (secondary N) is 1. The first-order chi connectivity index (χ1) is 14.2. The SMILES string of the molecule is CC1CN(c2ncnc3[nH]c(-c4ccc(F)cc4)cc23)CCN1C(=O)OC(C)(C)C. The van der Waals surface area contributed by atoms with E-state index in [1.165, 1.54) is 18.5 Å². The third-order valence-electron chi connectivity index (χ3n) is 5.11. The standard InChI is InChI=1S/C22H26FN5O2/c1-14-12-27(9-10-28(14)21(29)30-22(2,3)4)20-17-11-18(26-19(17)24-13-25-20)15-5-7-16(23)8-6-15/h5-8,11,13-14H,9-10,12H2,1-4H3,(H,24,25,26). The van der Waals surface area contributed by atoms with Crippen LogP contribution in [0.2, 0.25) is 0 Å². The molecule has 1 aromatic carbocycles. The first-order valence-corrected chi connectivity index (χ1v) is 10.1. The molecular weight excluding hydrogens is 385 g/mol. The third-order valence-corrected chi connectivity index (χ3v) is 5.11. The number of carbonyl (C=O) groups is 1. The largest absolute Gasteiger partial charge is 0.444 e. The van der Waals surface area contributed by atoms with Crippen LogP contribution in [0.3, 0.4) is 0 Å². The van der Waals surface area contributed by atoms with Gasteiger partial charge in [-0.3, -0.25) is 0 Å². The van der Waals surface area contributed by atoms with Gasteiger partial charge in [0.25, 0.3) is 0 Å². The second-order valence-electron chi connectivity index (χ2n) is 8.62. The molecule has 1 saturated heterocycles. The third kappa shape index (κ3) is 4.08. The lowest BCUT2D eigenvalue weighted by atomic mass is 10.1. The number of H-pyrrole nitrogens is 1. The Bertz CT molecular complexity index is 1060. The summed E-state index contributed by atoms with van der Waals surface area (Å²) in [5.74, 6) is 0.549. The maximum Gasteiger partial charge on any atom is 0.410 e. The highest BCUT2D eigenvalue weighted by atomic mass is 19.1. The van der Waals surface area contributed by atoms with Crippen LogP contribution in [0.25, 0.3) is 22.3 Å². The molecule has 3 heterocycles. The summed E-state index contributed by atoms with van der Waals surface area (Å²) in [6.45, 7) is 9.46. The molecule has 0 spiro atoms. The van der Waals surface area contributed by atoms with E-state index in [1.807, 2.05) is 33.8 Å². The second-order valence-corrected chi connectivity index (χ2v) is 8.62. The van der Waals surface area contributed by atoms with Crippen LogP contribution < -0.4 is 4.90 Å². The van der Waals surface area contributed by atoms with E-state index >= 15 is 0 Å². The fraction of sp³-hybridized carbons (Fsp3) is 0.409. The molecule has 1 fully saturated rings. The number of amides is 1. The van der Waals surface area contributed by atoms with Crippen LogP contribution in [0, 0.1) is 5.82 Å². The Kier molecular flexibility index (Phi) is 5.09. The number of piperazine rings is 1. The molecule has 1 amide bonds. The number of nitrogens with zero attached hydrogens (tertiary/aromatic N) is 4. The lowest BCUT2D eigenvalue weighted by Crippen LogP contribution is -2.55. The number of aromatic amines is 1. The average Bonchev–Trinajstić information content (AvgIpc) is 3.11. The van der Waals surface area contributed by atoms with Gasteiger partial charge in [0.1, 0.15) is 29.2 Å². The number of fused-ring (bicyclic) bond motifs is 1. The van der Waals surface area contributed by atoms with Crippen molar-refractivity contribution in [2.45, 2.75) is 39.3 Å². The minimum atomic E-state index is -0.519. The summed E-state index contributed by atoms with van der Waals surface area (Å²) in [5, 5.41) is 0.898. The Morgan fingerprint density at radius 1 is 1.20 bits per heavy atom. The van der Waals surface area contributed by atoms with Crippen molar-refractivity contribution in [1.29, 1.82) is 0 Å². The van der Waals surface area contributed by atoms with E-state index in [4.69, 9.17) is 4.74 Å². The maximum absolute atomic E-state index is 13.3. The lowest BCUT2D eigenvalue weighted by molar-refractivity contribution is 0.0159. The molecule has 158 valence electrons. The molecule has 4 rings (SSSR count). The van der Waals surface area contributed by atoms with Gasteiger partial charge >= 0.3 is 6.09 Å². The van der Waals surface area contributed by atoms with Crippen molar-refractivity contribution >= 4 is 22.9 Å². The average molecular weight is 411 g/mol. The van der Waals surface area contributed by atoms with E-state index in [1.54, 1.807) is 17.0 Å². The summed E-state index contributed by atoms with van der Waals surface area (Å²) in [5.41, 5.74) is 1.94. The quantitative estimate of drug-likeness (QED) is 0.684. The van der Waals surface area contributed by atoms with Gasteiger partial charge in [-0.25, -0.2) is 19.2 Å². The number of halogens is 1. The predicted octanol–water partition coefficient (Wildman–Crippen LogP) is 4.21. The molecule has 3 aromatic rings. The highest BCUT2D eigenvalue weighted by Gasteiger charge is 2.32. The van der Waals surface area contributed by atoms with Gasteiger partial charge in [0.05, 0.1) is 5.39 Å². The van der Waals surface area contributed by atoms with Crippen molar-refractivity contribution in [3.8, 4) is 11.3 Å². The zero-order valence-corrected chi connectivity index (χ0v) is 17.6. The summed E-state index contributed by atoms with van der Waals surface area (Å²) < 4.78 is 18.8. The Morgan fingerprint density at radius 2 is 1.93 bits per heavy atom. The van der Waals surface area contributed by atoms with Gasteiger partial charge in [-0.15, -0.1) is 0 Å². The molecule has 1 unspecified atom stereocenters.